The van der Waals surface area contributed by atoms with Crippen molar-refractivity contribution in [3.8, 4) is 0 Å². The molecule has 0 bridgehead atoms. The largest absolute Gasteiger partial charge is 0.336 e. The first-order valence-electron chi connectivity index (χ1n) is 13.6. The number of piperidine rings is 1. The summed E-state index contributed by atoms with van der Waals surface area (Å²) < 4.78 is 27.3. The van der Waals surface area contributed by atoms with E-state index in [0.29, 0.717) is 42.9 Å². The normalized spacial score (nSPS) is 19.5. The Morgan fingerprint density at radius 3 is 2.02 bits per heavy atom. The number of amides is 4. The zero-order chi connectivity index (χ0) is 28.7. The Morgan fingerprint density at radius 1 is 0.829 bits per heavy atom. The molecule has 10 heteroatoms. The van der Waals surface area contributed by atoms with Gasteiger partial charge in [0.1, 0.15) is 17.7 Å². The summed E-state index contributed by atoms with van der Waals surface area (Å²) in [5.41, 5.74) is 3.00. The van der Waals surface area contributed by atoms with Crippen molar-refractivity contribution in [2.24, 2.45) is 0 Å². The van der Waals surface area contributed by atoms with E-state index in [1.54, 1.807) is 47.4 Å². The van der Waals surface area contributed by atoms with E-state index in [1.165, 1.54) is 29.2 Å². The summed E-state index contributed by atoms with van der Waals surface area (Å²) in [4.78, 5) is 56.5. The predicted molar refractivity (Wildman–Crippen MR) is 145 cm³/mol. The van der Waals surface area contributed by atoms with Crippen molar-refractivity contribution >= 4 is 23.6 Å². The topological polar surface area (TPSA) is 90.0 Å². The third-order valence-electron chi connectivity index (χ3n) is 8.12. The molecule has 2 fully saturated rings. The van der Waals surface area contributed by atoms with Crippen LogP contribution < -0.4 is 5.32 Å². The number of piperazine rings is 1. The summed E-state index contributed by atoms with van der Waals surface area (Å²) in [7, 11) is 0. The lowest BCUT2D eigenvalue weighted by molar-refractivity contribution is -0.136. The highest BCUT2D eigenvalue weighted by molar-refractivity contribution is 6.11. The fourth-order valence-corrected chi connectivity index (χ4v) is 6.05. The standard InChI is InChI=1S/C31H28F2N4O4/c32-22-8-4-19(5-9-22)28(20-6-10-23(33)11-7-20)35-14-16-36(17-15-35)30(40)24-3-1-2-21-18-37(31(41)27(21)24)25-12-13-26(38)34-29(25)39/h1-11,25,28H,12-18H2,(H,34,38,39). The van der Waals surface area contributed by atoms with E-state index in [-0.39, 0.29) is 54.8 Å². The van der Waals surface area contributed by atoms with Crippen LogP contribution >= 0.6 is 0 Å². The lowest BCUT2D eigenvalue weighted by atomic mass is 9.96. The van der Waals surface area contributed by atoms with Gasteiger partial charge in [-0.2, -0.15) is 0 Å². The predicted octanol–water partition coefficient (Wildman–Crippen LogP) is 3.27. The van der Waals surface area contributed by atoms with E-state index >= 15 is 0 Å². The lowest BCUT2D eigenvalue weighted by Gasteiger charge is -2.40. The van der Waals surface area contributed by atoms with E-state index in [0.717, 1.165) is 11.1 Å². The summed E-state index contributed by atoms with van der Waals surface area (Å²) >= 11 is 0. The van der Waals surface area contributed by atoms with Gasteiger partial charge in [-0.05, 0) is 53.4 Å². The average molecular weight is 559 g/mol. The molecule has 1 atom stereocenters. The Bertz CT molecular complexity index is 1470. The van der Waals surface area contributed by atoms with Crippen LogP contribution in [0.5, 0.6) is 0 Å². The minimum absolute atomic E-state index is 0.156. The maximum absolute atomic E-state index is 13.7. The SMILES string of the molecule is O=C1CCC(N2Cc3cccc(C(=O)N4CCN(C(c5ccc(F)cc5)c5ccc(F)cc5)CC4)c3C2=O)C(=O)N1. The Hall–Kier alpha value is -4.44. The zero-order valence-corrected chi connectivity index (χ0v) is 22.2. The first-order valence-corrected chi connectivity index (χ1v) is 13.6. The summed E-state index contributed by atoms with van der Waals surface area (Å²) in [6.07, 6.45) is 0.405. The summed E-state index contributed by atoms with van der Waals surface area (Å²) in [5, 5.41) is 2.30. The quantitative estimate of drug-likeness (QED) is 0.486. The van der Waals surface area contributed by atoms with Gasteiger partial charge in [0, 0.05) is 39.1 Å². The molecule has 2 saturated heterocycles. The highest BCUT2D eigenvalue weighted by Crippen LogP contribution is 2.33. The summed E-state index contributed by atoms with van der Waals surface area (Å²) in [5.74, 6) is -2.19. The molecule has 0 radical (unpaired) electrons. The van der Waals surface area contributed by atoms with Gasteiger partial charge in [-0.15, -0.1) is 0 Å². The lowest BCUT2D eigenvalue weighted by Crippen LogP contribution is -2.52. The van der Waals surface area contributed by atoms with Crippen LogP contribution in [0.3, 0.4) is 0 Å². The molecular formula is C31H28F2N4O4. The highest BCUT2D eigenvalue weighted by Gasteiger charge is 2.41. The minimum Gasteiger partial charge on any atom is -0.336 e. The molecule has 4 amide bonds. The highest BCUT2D eigenvalue weighted by atomic mass is 19.1. The van der Waals surface area contributed by atoms with Crippen molar-refractivity contribution in [3.63, 3.8) is 0 Å². The van der Waals surface area contributed by atoms with Gasteiger partial charge < -0.3 is 9.80 Å². The van der Waals surface area contributed by atoms with Gasteiger partial charge in [0.25, 0.3) is 11.8 Å². The number of benzene rings is 3. The van der Waals surface area contributed by atoms with Gasteiger partial charge in [0.05, 0.1) is 17.2 Å². The van der Waals surface area contributed by atoms with Gasteiger partial charge in [0.2, 0.25) is 11.8 Å². The fraction of sp³-hybridized carbons (Fsp3) is 0.290. The first-order chi connectivity index (χ1) is 19.8. The first kappa shape index (κ1) is 26.8. The Kier molecular flexibility index (Phi) is 7.08. The number of nitrogens with zero attached hydrogens (tertiary/aromatic N) is 3. The number of nitrogens with one attached hydrogen (secondary N) is 1. The molecule has 1 N–H and O–H groups in total. The van der Waals surface area contributed by atoms with Gasteiger partial charge in [0.15, 0.2) is 0 Å². The number of imide groups is 1. The van der Waals surface area contributed by atoms with Gasteiger partial charge in [-0.3, -0.25) is 29.4 Å². The van der Waals surface area contributed by atoms with Gasteiger partial charge >= 0.3 is 0 Å². The Balaban J connectivity index is 1.19. The Labute approximate surface area is 235 Å². The zero-order valence-electron chi connectivity index (χ0n) is 22.2. The second kappa shape index (κ2) is 10.9. The second-order valence-corrected chi connectivity index (χ2v) is 10.6. The molecule has 0 spiro atoms. The van der Waals surface area contributed by atoms with Crippen molar-refractivity contribution in [3.05, 3.63) is 106 Å². The number of carbonyl (C=O) groups excluding carboxylic acids is 4. The van der Waals surface area contributed by atoms with E-state index < -0.39 is 11.9 Å². The van der Waals surface area contributed by atoms with Crippen molar-refractivity contribution in [1.82, 2.24) is 20.0 Å². The number of hydrogen-bond acceptors (Lipinski definition) is 5. The fourth-order valence-electron chi connectivity index (χ4n) is 6.05. The average Bonchev–Trinajstić information content (AvgIpc) is 3.31. The number of rotatable bonds is 5. The van der Waals surface area contributed by atoms with Crippen molar-refractivity contribution < 1.29 is 28.0 Å². The number of hydrogen-bond donors (Lipinski definition) is 1. The number of halogens is 2. The van der Waals surface area contributed by atoms with Crippen molar-refractivity contribution in [1.29, 1.82) is 0 Å². The third kappa shape index (κ3) is 5.11. The molecule has 0 aliphatic carbocycles. The molecule has 1 unspecified atom stereocenters. The van der Waals surface area contributed by atoms with Crippen LogP contribution in [0.4, 0.5) is 8.78 Å². The molecule has 3 aliphatic heterocycles. The van der Waals surface area contributed by atoms with E-state index in [2.05, 4.69) is 10.2 Å². The molecule has 3 heterocycles. The maximum atomic E-state index is 13.7. The third-order valence-corrected chi connectivity index (χ3v) is 8.12. The van der Waals surface area contributed by atoms with Crippen LogP contribution in [0.2, 0.25) is 0 Å². The number of fused-ring (bicyclic) bond motifs is 1. The molecule has 8 nitrogen and oxygen atoms in total. The molecule has 3 aromatic carbocycles. The molecule has 210 valence electrons. The Morgan fingerprint density at radius 2 is 1.44 bits per heavy atom. The van der Waals surface area contributed by atoms with E-state index in [1.807, 2.05) is 0 Å². The molecule has 6 rings (SSSR count). The van der Waals surface area contributed by atoms with Crippen LogP contribution in [0.15, 0.2) is 66.7 Å². The number of carbonyl (C=O) groups is 4. The monoisotopic (exact) mass is 558 g/mol. The molecule has 3 aliphatic rings. The smallest absolute Gasteiger partial charge is 0.256 e. The summed E-state index contributed by atoms with van der Waals surface area (Å²) in [6.45, 7) is 2.01. The minimum atomic E-state index is -0.756. The van der Waals surface area contributed by atoms with Crippen molar-refractivity contribution in [2.75, 3.05) is 26.2 Å². The second-order valence-electron chi connectivity index (χ2n) is 10.6. The van der Waals surface area contributed by atoms with Crippen LogP contribution in [0, 0.1) is 11.6 Å². The van der Waals surface area contributed by atoms with E-state index in [4.69, 9.17) is 0 Å². The van der Waals surface area contributed by atoms with Crippen molar-refractivity contribution in [2.45, 2.75) is 31.5 Å². The molecule has 0 saturated carbocycles. The molecule has 3 aromatic rings. The van der Waals surface area contributed by atoms with Crippen LogP contribution in [-0.2, 0) is 16.1 Å². The van der Waals surface area contributed by atoms with Crippen LogP contribution in [0.1, 0.15) is 56.3 Å². The van der Waals surface area contributed by atoms with Gasteiger partial charge in [-0.1, -0.05) is 36.4 Å². The molecule has 0 aromatic heterocycles. The van der Waals surface area contributed by atoms with Crippen LogP contribution in [-0.4, -0.2) is 70.5 Å². The molecular weight excluding hydrogens is 530 g/mol. The molecule has 41 heavy (non-hydrogen) atoms. The van der Waals surface area contributed by atoms with E-state index in [9.17, 15) is 28.0 Å². The summed E-state index contributed by atoms with van der Waals surface area (Å²) in [6, 6.07) is 16.6. The van der Waals surface area contributed by atoms with Gasteiger partial charge in [-0.25, -0.2) is 8.78 Å². The maximum Gasteiger partial charge on any atom is 0.256 e. The van der Waals surface area contributed by atoms with Crippen LogP contribution in [0.25, 0.3) is 0 Å².